The molecule has 0 unspecified atom stereocenters. The molecule has 0 fully saturated rings. The van der Waals surface area contributed by atoms with Crippen LogP contribution in [0.5, 0.6) is 0 Å². The van der Waals surface area contributed by atoms with Crippen molar-refractivity contribution in [3.05, 3.63) is 169 Å². The third-order valence-corrected chi connectivity index (χ3v) is 7.59. The Morgan fingerprint density at radius 3 is 1.64 bits per heavy atom. The molecule has 0 saturated heterocycles. The van der Waals surface area contributed by atoms with Crippen LogP contribution in [0.2, 0.25) is 0 Å². The fourth-order valence-corrected chi connectivity index (χ4v) is 5.12. The number of furan rings is 1. The molecule has 1 aliphatic carbocycles. The summed E-state index contributed by atoms with van der Waals surface area (Å²) in [6.45, 7) is 0. The number of benzene rings is 4. The van der Waals surface area contributed by atoms with Gasteiger partial charge in [0.15, 0.2) is 0 Å². The maximum atomic E-state index is 4.93. The first-order valence-corrected chi connectivity index (χ1v) is 13.5. The van der Waals surface area contributed by atoms with E-state index in [2.05, 4.69) is 133 Å². The third-order valence-electron chi connectivity index (χ3n) is 6.17. The summed E-state index contributed by atoms with van der Waals surface area (Å²) < 4.78 is 6.35. The molecule has 1 nitrogen and oxygen atoms in total. The van der Waals surface area contributed by atoms with E-state index in [1.54, 1.807) is 12.5 Å². The van der Waals surface area contributed by atoms with E-state index in [-0.39, 0.29) is 24.8 Å². The number of rotatable bonds is 3. The molecule has 39 heavy (non-hydrogen) atoms. The molecule has 6 aromatic rings. The summed E-state index contributed by atoms with van der Waals surface area (Å²) >= 11 is 1.46. The minimum absolute atomic E-state index is 0. The van der Waals surface area contributed by atoms with Crippen molar-refractivity contribution in [2.24, 2.45) is 0 Å². The Balaban J connectivity index is 0.000000160. The summed E-state index contributed by atoms with van der Waals surface area (Å²) in [6.07, 6.45) is 11.7. The molecule has 0 aliphatic heterocycles. The van der Waals surface area contributed by atoms with Gasteiger partial charge in [0.25, 0.3) is 0 Å². The smallest absolute Gasteiger partial charge is 0.0771 e. The molecule has 4 heteroatoms. The molecule has 1 aliphatic rings. The predicted octanol–water partition coefficient (Wildman–Crippen LogP) is 2.95. The molecular formula is C35H26Cl2OZr-2. The summed E-state index contributed by atoms with van der Waals surface area (Å²) in [5.41, 5.74) is 4.93. The molecule has 0 atom stereocenters. The average Bonchev–Trinajstić information content (AvgIpc) is 3.75. The van der Waals surface area contributed by atoms with Crippen molar-refractivity contribution < 1.29 is 53.5 Å². The first kappa shape index (κ1) is 30.4. The summed E-state index contributed by atoms with van der Waals surface area (Å²) in [4.78, 5) is 0. The topological polar surface area (TPSA) is 13.1 Å². The fourth-order valence-electron chi connectivity index (χ4n) is 4.30. The van der Waals surface area contributed by atoms with Crippen molar-refractivity contribution in [1.82, 2.24) is 0 Å². The van der Waals surface area contributed by atoms with E-state index in [1.807, 2.05) is 6.07 Å². The molecule has 1 aromatic heterocycles. The zero-order valence-corrected chi connectivity index (χ0v) is 25.2. The zero-order valence-electron chi connectivity index (χ0n) is 21.2. The number of hydrogen-bond donors (Lipinski definition) is 0. The fraction of sp³-hybridized carbons (Fsp3) is 0.0286. The molecule has 0 spiro atoms. The van der Waals surface area contributed by atoms with Crippen molar-refractivity contribution in [2.45, 2.75) is 6.42 Å². The van der Waals surface area contributed by atoms with E-state index < -0.39 is 0 Å². The van der Waals surface area contributed by atoms with E-state index in [9.17, 15) is 0 Å². The van der Waals surface area contributed by atoms with Crippen LogP contribution >= 0.6 is 0 Å². The number of hydrogen-bond acceptors (Lipinski definition) is 1. The minimum Gasteiger partial charge on any atom is -0.126 e. The van der Waals surface area contributed by atoms with Gasteiger partial charge in [-0.05, 0) is 0 Å². The van der Waals surface area contributed by atoms with E-state index in [1.165, 1.54) is 60.1 Å². The molecule has 0 saturated carbocycles. The van der Waals surface area contributed by atoms with Crippen molar-refractivity contribution in [3.8, 4) is 0 Å². The van der Waals surface area contributed by atoms with Gasteiger partial charge in [-0.1, -0.05) is 54.4 Å². The quantitative estimate of drug-likeness (QED) is 0.276. The van der Waals surface area contributed by atoms with Crippen LogP contribution in [0.15, 0.2) is 150 Å². The summed E-state index contributed by atoms with van der Waals surface area (Å²) in [5, 5.41) is 5.39. The maximum absolute atomic E-state index is 4.93. The Bertz CT molecular complexity index is 1560. The van der Waals surface area contributed by atoms with Crippen molar-refractivity contribution in [1.29, 1.82) is 0 Å². The molecule has 0 amide bonds. The molecule has 1 heterocycles. The van der Waals surface area contributed by atoms with Crippen molar-refractivity contribution >= 4 is 30.3 Å². The van der Waals surface area contributed by atoms with Gasteiger partial charge in [-0.2, -0.15) is 17.7 Å². The zero-order chi connectivity index (χ0) is 25.3. The molecule has 0 radical (unpaired) electrons. The first-order valence-electron chi connectivity index (χ1n) is 12.3. The maximum Gasteiger partial charge on any atom is -0.0771 e. The molecule has 0 bridgehead atoms. The van der Waals surface area contributed by atoms with Gasteiger partial charge in [0.1, 0.15) is 0 Å². The van der Waals surface area contributed by atoms with E-state index in [4.69, 9.17) is 4.42 Å². The number of allylic oxidation sites excluding steroid dienone is 4. The van der Waals surface area contributed by atoms with E-state index in [0.29, 0.717) is 0 Å². The van der Waals surface area contributed by atoms with Crippen molar-refractivity contribution in [2.75, 3.05) is 0 Å². The number of halogens is 2. The molecular weight excluding hydrogens is 599 g/mol. The summed E-state index contributed by atoms with van der Waals surface area (Å²) in [5.74, 6) is 0. The van der Waals surface area contributed by atoms with E-state index >= 15 is 0 Å². The van der Waals surface area contributed by atoms with Gasteiger partial charge in [-0.15, -0.1) is 45.8 Å². The predicted molar refractivity (Wildman–Crippen MR) is 152 cm³/mol. The Morgan fingerprint density at radius 1 is 0.667 bits per heavy atom. The third kappa shape index (κ3) is 7.93. The second-order valence-electron chi connectivity index (χ2n) is 8.63. The molecule has 7 rings (SSSR count). The largest absolute Gasteiger partial charge is 0.126 e. The Kier molecular flexibility index (Phi) is 12.0. The van der Waals surface area contributed by atoms with Gasteiger partial charge < -0.3 is 29.2 Å². The van der Waals surface area contributed by atoms with Crippen LogP contribution in [-0.2, 0) is 24.2 Å². The van der Waals surface area contributed by atoms with Crippen LogP contribution in [0.3, 0.4) is 0 Å². The van der Waals surface area contributed by atoms with Crippen LogP contribution in [0.4, 0.5) is 0 Å². The van der Waals surface area contributed by atoms with Crippen LogP contribution in [0.1, 0.15) is 23.1 Å². The second-order valence-corrected chi connectivity index (χ2v) is 9.86. The monoisotopic (exact) mass is 622 g/mol. The van der Waals surface area contributed by atoms with Gasteiger partial charge in [0.05, 0.1) is 6.26 Å². The standard InChI is InChI=1S/C13H9.C13H10.C9H7O.2ClH.Zr/c1-3-7-12-10(5-1)9-11-6-2-4-8-13(11)12;1-3-7-12(8-4-1)11-13-9-5-2-6-10-13;1-2-4-8(3-1)9-5-6-10-7-9;;;/h1-9H;1-10H;1,3,5-7H,2H2;2*1H;/q-1;;-1;;;+2/p-2. The molecule has 5 aromatic carbocycles. The Labute approximate surface area is 257 Å². The Morgan fingerprint density at radius 2 is 1.18 bits per heavy atom. The van der Waals surface area contributed by atoms with Gasteiger partial charge >= 0.3 is 99.2 Å². The molecule has 192 valence electrons. The van der Waals surface area contributed by atoms with Gasteiger partial charge in [-0.3, -0.25) is 0 Å². The van der Waals surface area contributed by atoms with Gasteiger partial charge in [0, 0.05) is 6.26 Å². The summed E-state index contributed by atoms with van der Waals surface area (Å²) in [6, 6.07) is 42.3. The number of fused-ring (bicyclic) bond motifs is 3. The van der Waals surface area contributed by atoms with E-state index in [0.717, 1.165) is 17.6 Å². The van der Waals surface area contributed by atoms with Crippen LogP contribution < -0.4 is 24.8 Å². The Hall–Kier alpha value is -3.16. The average molecular weight is 625 g/mol. The SMILES string of the molecule is [C-]1=C(c2ccoc2)C=CC1.[Cl-].[Cl-].[Zr+2]=[C](c1ccccc1)c1ccccc1.c1ccc2c(c1)[cH-]c1ccccc12. The second kappa shape index (κ2) is 15.4. The van der Waals surface area contributed by atoms with Crippen LogP contribution in [0.25, 0.3) is 27.1 Å². The van der Waals surface area contributed by atoms with Gasteiger partial charge in [0.2, 0.25) is 0 Å². The minimum atomic E-state index is 0. The summed E-state index contributed by atoms with van der Waals surface area (Å²) in [7, 11) is 0. The normalized spacial score (nSPS) is 11.3. The molecule has 0 N–H and O–H groups in total. The van der Waals surface area contributed by atoms with Crippen molar-refractivity contribution in [3.63, 3.8) is 0 Å². The first-order chi connectivity index (χ1) is 18.3. The van der Waals surface area contributed by atoms with Crippen LogP contribution in [-0.4, -0.2) is 3.21 Å². The van der Waals surface area contributed by atoms with Gasteiger partial charge in [-0.25, -0.2) is 0 Å². The van der Waals surface area contributed by atoms with Crippen LogP contribution in [0, 0.1) is 6.08 Å².